The molecule has 0 atom stereocenters. The third-order valence-electron chi connectivity index (χ3n) is 4.84. The molecular formula is C21H20F3N5O4. The second kappa shape index (κ2) is 9.27. The first-order valence-corrected chi connectivity index (χ1v) is 9.94. The summed E-state index contributed by atoms with van der Waals surface area (Å²) in [6.07, 6.45) is 0. The lowest BCUT2D eigenvalue weighted by Gasteiger charge is -2.14. The summed E-state index contributed by atoms with van der Waals surface area (Å²) >= 11 is 0. The lowest BCUT2D eigenvalue weighted by atomic mass is 10.0. The molecule has 33 heavy (non-hydrogen) atoms. The van der Waals surface area contributed by atoms with E-state index in [9.17, 15) is 32.3 Å². The Morgan fingerprint density at radius 2 is 1.85 bits per heavy atom. The van der Waals surface area contributed by atoms with Gasteiger partial charge in [-0.3, -0.25) is 23.9 Å². The fourth-order valence-corrected chi connectivity index (χ4v) is 3.13. The van der Waals surface area contributed by atoms with E-state index < -0.39 is 52.7 Å². The molecule has 0 bridgehead atoms. The Balaban J connectivity index is 1.92. The Hall–Kier alpha value is -3.96. The van der Waals surface area contributed by atoms with Gasteiger partial charge in [0.1, 0.15) is 0 Å². The second-order valence-corrected chi connectivity index (χ2v) is 7.41. The number of aromatic nitrogens is 3. The average molecular weight is 463 g/mol. The molecule has 0 saturated heterocycles. The standard InChI is InChI=1S/C21H20F3N5O4/c1-4-29-18-15(20(32)28-21(29)33)10(7-13(27-18)9(2)3)19(31)25-8-14(30)26-12-6-5-11(22)16(23)17(12)24/h5-7,9H,4,8H2,1-3H3,(H,25,31)(H,26,30)(H,28,32,33). The number of fused-ring (bicyclic) bond motifs is 1. The van der Waals surface area contributed by atoms with Gasteiger partial charge >= 0.3 is 5.69 Å². The van der Waals surface area contributed by atoms with Crippen LogP contribution in [0.1, 0.15) is 42.7 Å². The maximum absolute atomic E-state index is 13.7. The van der Waals surface area contributed by atoms with Gasteiger partial charge in [-0.25, -0.2) is 22.9 Å². The Morgan fingerprint density at radius 1 is 1.15 bits per heavy atom. The van der Waals surface area contributed by atoms with Crippen molar-refractivity contribution in [3.05, 3.63) is 67.7 Å². The van der Waals surface area contributed by atoms with Crippen molar-refractivity contribution < 1.29 is 22.8 Å². The quantitative estimate of drug-likeness (QED) is 0.482. The summed E-state index contributed by atoms with van der Waals surface area (Å²) in [6, 6.07) is 2.86. The molecule has 0 saturated carbocycles. The van der Waals surface area contributed by atoms with E-state index in [1.54, 1.807) is 20.8 Å². The highest BCUT2D eigenvalue weighted by Crippen LogP contribution is 2.21. The molecule has 3 rings (SSSR count). The van der Waals surface area contributed by atoms with E-state index in [-0.39, 0.29) is 29.1 Å². The summed E-state index contributed by atoms with van der Waals surface area (Å²) in [7, 11) is 0. The minimum atomic E-state index is -1.75. The van der Waals surface area contributed by atoms with E-state index in [0.29, 0.717) is 11.8 Å². The van der Waals surface area contributed by atoms with Crippen molar-refractivity contribution in [1.29, 1.82) is 0 Å². The SMILES string of the molecule is CCn1c(=O)[nH]c(=O)c2c(C(=O)NCC(=O)Nc3ccc(F)c(F)c3F)cc(C(C)C)nc21. The van der Waals surface area contributed by atoms with Gasteiger partial charge in [-0.1, -0.05) is 13.8 Å². The number of aromatic amines is 1. The Bertz CT molecular complexity index is 1380. The zero-order valence-corrected chi connectivity index (χ0v) is 17.9. The predicted molar refractivity (Wildman–Crippen MR) is 114 cm³/mol. The number of halogens is 3. The number of benzene rings is 1. The summed E-state index contributed by atoms with van der Waals surface area (Å²) in [5.41, 5.74) is -1.75. The molecule has 3 aromatic rings. The van der Waals surface area contributed by atoms with Gasteiger partial charge < -0.3 is 10.6 Å². The van der Waals surface area contributed by atoms with Crippen LogP contribution in [0.5, 0.6) is 0 Å². The first-order chi connectivity index (χ1) is 15.5. The van der Waals surface area contributed by atoms with Gasteiger partial charge in [-0.2, -0.15) is 0 Å². The molecule has 0 aliphatic rings. The second-order valence-electron chi connectivity index (χ2n) is 7.41. The van der Waals surface area contributed by atoms with E-state index in [1.807, 2.05) is 5.32 Å². The topological polar surface area (TPSA) is 126 Å². The molecule has 0 fully saturated rings. The zero-order chi connectivity index (χ0) is 24.4. The molecule has 0 aliphatic carbocycles. The number of hydrogen-bond acceptors (Lipinski definition) is 5. The van der Waals surface area contributed by atoms with Gasteiger partial charge in [-0.15, -0.1) is 0 Å². The number of amides is 2. The molecule has 0 spiro atoms. The summed E-state index contributed by atoms with van der Waals surface area (Å²) < 4.78 is 41.3. The number of carbonyl (C=O) groups excluding carboxylic acids is 2. The first kappa shape index (κ1) is 23.7. The number of carbonyl (C=O) groups is 2. The molecule has 12 heteroatoms. The Kier molecular flexibility index (Phi) is 6.65. The van der Waals surface area contributed by atoms with Crippen LogP contribution in [0.15, 0.2) is 27.8 Å². The van der Waals surface area contributed by atoms with Crippen molar-refractivity contribution in [2.45, 2.75) is 33.2 Å². The average Bonchev–Trinajstić information content (AvgIpc) is 2.77. The highest BCUT2D eigenvalue weighted by Gasteiger charge is 2.21. The van der Waals surface area contributed by atoms with E-state index in [2.05, 4.69) is 15.3 Å². The molecule has 2 amide bonds. The summed E-state index contributed by atoms with van der Waals surface area (Å²) in [6.45, 7) is 4.81. The van der Waals surface area contributed by atoms with Gasteiger partial charge in [0.05, 0.1) is 23.2 Å². The van der Waals surface area contributed by atoms with Crippen LogP contribution < -0.4 is 21.9 Å². The molecule has 0 unspecified atom stereocenters. The van der Waals surface area contributed by atoms with Crippen LogP contribution in [0.3, 0.4) is 0 Å². The van der Waals surface area contributed by atoms with Crippen molar-refractivity contribution in [1.82, 2.24) is 19.9 Å². The number of pyridine rings is 1. The van der Waals surface area contributed by atoms with Crippen molar-refractivity contribution in [2.24, 2.45) is 0 Å². The number of hydrogen-bond donors (Lipinski definition) is 3. The van der Waals surface area contributed by atoms with Crippen LogP contribution >= 0.6 is 0 Å². The lowest BCUT2D eigenvalue weighted by molar-refractivity contribution is -0.115. The minimum absolute atomic E-state index is 0.0240. The maximum atomic E-state index is 13.7. The van der Waals surface area contributed by atoms with Crippen LogP contribution in [-0.4, -0.2) is 32.9 Å². The van der Waals surface area contributed by atoms with E-state index in [1.165, 1.54) is 10.6 Å². The third-order valence-corrected chi connectivity index (χ3v) is 4.84. The van der Waals surface area contributed by atoms with Gasteiger partial charge in [0.2, 0.25) is 5.91 Å². The lowest BCUT2D eigenvalue weighted by Crippen LogP contribution is -2.36. The molecule has 1 aromatic carbocycles. The summed E-state index contributed by atoms with van der Waals surface area (Å²) in [4.78, 5) is 56.1. The van der Waals surface area contributed by atoms with Gasteiger partial charge in [0.25, 0.3) is 11.5 Å². The molecule has 0 radical (unpaired) electrons. The maximum Gasteiger partial charge on any atom is 0.329 e. The van der Waals surface area contributed by atoms with Crippen LogP contribution in [0.25, 0.3) is 11.0 Å². The van der Waals surface area contributed by atoms with Gasteiger partial charge in [0.15, 0.2) is 23.1 Å². The van der Waals surface area contributed by atoms with Crippen LogP contribution in [0, 0.1) is 17.5 Å². The van der Waals surface area contributed by atoms with Gasteiger partial charge in [-0.05, 0) is 31.0 Å². The van der Waals surface area contributed by atoms with Crippen molar-refractivity contribution in [3.8, 4) is 0 Å². The third kappa shape index (κ3) is 4.64. The normalized spacial score (nSPS) is 11.1. The number of H-pyrrole nitrogens is 1. The smallest absolute Gasteiger partial charge is 0.329 e. The van der Waals surface area contributed by atoms with Crippen LogP contribution in [0.4, 0.5) is 18.9 Å². The number of nitrogens with one attached hydrogen (secondary N) is 3. The zero-order valence-electron chi connectivity index (χ0n) is 17.9. The molecule has 0 aliphatic heterocycles. The number of anilines is 1. The Labute approximate surface area is 184 Å². The monoisotopic (exact) mass is 463 g/mol. The number of nitrogens with zero attached hydrogens (tertiary/aromatic N) is 2. The molecule has 3 N–H and O–H groups in total. The van der Waals surface area contributed by atoms with E-state index in [4.69, 9.17) is 0 Å². The highest BCUT2D eigenvalue weighted by atomic mass is 19.2. The highest BCUT2D eigenvalue weighted by molar-refractivity contribution is 6.07. The molecular weight excluding hydrogens is 443 g/mol. The van der Waals surface area contributed by atoms with Crippen molar-refractivity contribution >= 4 is 28.5 Å². The van der Waals surface area contributed by atoms with E-state index in [0.717, 1.165) is 6.07 Å². The van der Waals surface area contributed by atoms with Crippen LogP contribution in [0.2, 0.25) is 0 Å². The molecule has 174 valence electrons. The fraction of sp³-hybridized carbons (Fsp3) is 0.286. The van der Waals surface area contributed by atoms with Crippen molar-refractivity contribution in [3.63, 3.8) is 0 Å². The van der Waals surface area contributed by atoms with Crippen LogP contribution in [-0.2, 0) is 11.3 Å². The van der Waals surface area contributed by atoms with E-state index >= 15 is 0 Å². The molecule has 9 nitrogen and oxygen atoms in total. The first-order valence-electron chi connectivity index (χ1n) is 9.94. The minimum Gasteiger partial charge on any atom is -0.343 e. The fourth-order valence-electron chi connectivity index (χ4n) is 3.13. The van der Waals surface area contributed by atoms with Crippen molar-refractivity contribution in [2.75, 3.05) is 11.9 Å². The summed E-state index contributed by atoms with van der Waals surface area (Å²) in [5, 5.41) is 4.19. The summed E-state index contributed by atoms with van der Waals surface area (Å²) in [5.74, 6) is -6.64. The van der Waals surface area contributed by atoms with Gasteiger partial charge in [0, 0.05) is 12.2 Å². The predicted octanol–water partition coefficient (Wildman–Crippen LogP) is 2.01. The molecule has 2 aromatic heterocycles. The molecule has 2 heterocycles. The number of aryl methyl sites for hydroxylation is 1. The number of rotatable bonds is 6. The largest absolute Gasteiger partial charge is 0.343 e. The Morgan fingerprint density at radius 3 is 2.48 bits per heavy atom.